The second kappa shape index (κ2) is 5.58. The highest BCUT2D eigenvalue weighted by Crippen LogP contribution is 2.43. The van der Waals surface area contributed by atoms with Crippen LogP contribution in [0.3, 0.4) is 0 Å². The fourth-order valence-electron chi connectivity index (χ4n) is 3.88. The van der Waals surface area contributed by atoms with E-state index in [1.54, 1.807) is 4.90 Å². The Hall–Kier alpha value is -1.43. The van der Waals surface area contributed by atoms with Crippen LogP contribution in [-0.2, 0) is 10.2 Å². The molecule has 0 bridgehead atoms. The number of fused-ring (bicyclic) bond motifs is 1. The van der Waals surface area contributed by atoms with Crippen molar-refractivity contribution in [2.75, 3.05) is 6.54 Å². The molecular formula is C17H24N2O3S. The molecule has 1 aliphatic heterocycles. The molecule has 23 heavy (non-hydrogen) atoms. The lowest BCUT2D eigenvalue weighted by molar-refractivity contribution is -0.142. The second-order valence-electron chi connectivity index (χ2n) is 7.78. The molecular weight excluding hydrogens is 312 g/mol. The molecule has 0 spiro atoms. The average molecular weight is 336 g/mol. The third-order valence-electron chi connectivity index (χ3n) is 5.04. The summed E-state index contributed by atoms with van der Waals surface area (Å²) in [5.74, 6) is -0.564. The predicted molar refractivity (Wildman–Crippen MR) is 88.8 cm³/mol. The number of hydrogen-bond donors (Lipinski definition) is 1. The monoisotopic (exact) mass is 336 g/mol. The highest BCUT2D eigenvalue weighted by Gasteiger charge is 2.50. The first-order valence-electron chi connectivity index (χ1n) is 8.22. The number of amides is 1. The molecule has 0 aromatic carbocycles. The van der Waals surface area contributed by atoms with Gasteiger partial charge in [-0.25, -0.2) is 9.78 Å². The van der Waals surface area contributed by atoms with E-state index < -0.39 is 12.0 Å². The molecule has 2 heterocycles. The molecule has 3 rings (SSSR count). The highest BCUT2D eigenvalue weighted by molar-refractivity contribution is 7.14. The molecule has 0 radical (unpaired) electrons. The van der Waals surface area contributed by atoms with Crippen molar-refractivity contribution in [2.24, 2.45) is 11.8 Å². The molecule has 1 saturated heterocycles. The number of thiazole rings is 1. The summed E-state index contributed by atoms with van der Waals surface area (Å²) in [4.78, 5) is 31.4. The van der Waals surface area contributed by atoms with E-state index in [0.717, 1.165) is 24.3 Å². The van der Waals surface area contributed by atoms with Gasteiger partial charge in [-0.15, -0.1) is 11.3 Å². The maximum Gasteiger partial charge on any atom is 0.326 e. The molecule has 3 atom stereocenters. The van der Waals surface area contributed by atoms with Gasteiger partial charge in [0.25, 0.3) is 5.91 Å². The Kier molecular flexibility index (Phi) is 3.99. The van der Waals surface area contributed by atoms with Gasteiger partial charge in [0, 0.05) is 12.0 Å². The van der Waals surface area contributed by atoms with Gasteiger partial charge < -0.3 is 10.0 Å². The van der Waals surface area contributed by atoms with Gasteiger partial charge in [-0.3, -0.25) is 4.79 Å². The van der Waals surface area contributed by atoms with Crippen LogP contribution in [0.25, 0.3) is 0 Å². The summed E-state index contributed by atoms with van der Waals surface area (Å²) >= 11 is 1.41. The third-order valence-corrected chi connectivity index (χ3v) is 6.61. The van der Waals surface area contributed by atoms with Gasteiger partial charge in [0.15, 0.2) is 0 Å². The topological polar surface area (TPSA) is 70.5 Å². The molecule has 1 aromatic heterocycles. The van der Waals surface area contributed by atoms with Crippen LogP contribution in [0, 0.1) is 18.8 Å². The summed E-state index contributed by atoms with van der Waals surface area (Å²) in [5, 5.41) is 10.5. The van der Waals surface area contributed by atoms with E-state index in [1.807, 2.05) is 6.92 Å². The lowest BCUT2D eigenvalue weighted by atomic mass is 9.94. The number of carboxylic acid groups (broad SMARTS) is 1. The van der Waals surface area contributed by atoms with Crippen molar-refractivity contribution < 1.29 is 14.7 Å². The van der Waals surface area contributed by atoms with Crippen molar-refractivity contribution >= 4 is 23.2 Å². The minimum absolute atomic E-state index is 0.109. The van der Waals surface area contributed by atoms with Gasteiger partial charge in [-0.2, -0.15) is 0 Å². The van der Waals surface area contributed by atoms with Crippen LogP contribution in [0.2, 0.25) is 0 Å². The molecule has 2 fully saturated rings. The second-order valence-corrected chi connectivity index (χ2v) is 8.78. The number of carbonyl (C=O) groups is 2. The summed E-state index contributed by atoms with van der Waals surface area (Å²) in [6.45, 7) is 8.62. The summed E-state index contributed by atoms with van der Waals surface area (Å²) in [6, 6.07) is -0.672. The van der Waals surface area contributed by atoms with Gasteiger partial charge >= 0.3 is 5.97 Å². The first kappa shape index (κ1) is 16.4. The molecule has 1 aliphatic carbocycles. The van der Waals surface area contributed by atoms with Crippen LogP contribution in [0.4, 0.5) is 0 Å². The number of aromatic nitrogens is 1. The Morgan fingerprint density at radius 3 is 2.57 bits per heavy atom. The lowest BCUT2D eigenvalue weighted by Gasteiger charge is -2.24. The van der Waals surface area contributed by atoms with Crippen LogP contribution >= 0.6 is 11.3 Å². The van der Waals surface area contributed by atoms with E-state index in [4.69, 9.17) is 0 Å². The minimum Gasteiger partial charge on any atom is -0.480 e. The van der Waals surface area contributed by atoms with Gasteiger partial charge in [0.2, 0.25) is 0 Å². The normalized spacial score (nSPS) is 27.3. The van der Waals surface area contributed by atoms with Crippen molar-refractivity contribution in [3.8, 4) is 0 Å². The van der Waals surface area contributed by atoms with Crippen LogP contribution < -0.4 is 0 Å². The number of aryl methyl sites for hydroxylation is 1. The SMILES string of the molecule is Cc1nc(C(C)(C)C)sc1C(=O)N1CC2CCCC2C1C(=O)O. The Balaban J connectivity index is 1.91. The summed E-state index contributed by atoms with van der Waals surface area (Å²) in [7, 11) is 0. The van der Waals surface area contributed by atoms with Gasteiger partial charge in [0.1, 0.15) is 10.9 Å². The Bertz CT molecular complexity index is 647. The number of carbonyl (C=O) groups excluding carboxylic acids is 1. The number of rotatable bonds is 2. The third kappa shape index (κ3) is 2.77. The van der Waals surface area contributed by atoms with Crippen molar-refractivity contribution in [1.29, 1.82) is 0 Å². The zero-order chi connectivity index (χ0) is 16.9. The highest BCUT2D eigenvalue weighted by atomic mass is 32.1. The van der Waals surface area contributed by atoms with Crippen molar-refractivity contribution in [1.82, 2.24) is 9.88 Å². The van der Waals surface area contributed by atoms with Crippen LogP contribution in [0.15, 0.2) is 0 Å². The summed E-state index contributed by atoms with van der Waals surface area (Å²) in [5.41, 5.74) is 0.605. The van der Waals surface area contributed by atoms with Gasteiger partial charge in [0.05, 0.1) is 10.7 Å². The quantitative estimate of drug-likeness (QED) is 0.901. The number of aliphatic carboxylic acids is 1. The largest absolute Gasteiger partial charge is 0.480 e. The lowest BCUT2D eigenvalue weighted by Crippen LogP contribution is -2.43. The molecule has 1 saturated carbocycles. The van der Waals surface area contributed by atoms with Gasteiger partial charge in [-0.1, -0.05) is 27.2 Å². The van der Waals surface area contributed by atoms with Crippen molar-refractivity contribution in [2.45, 2.75) is 58.4 Å². The smallest absolute Gasteiger partial charge is 0.326 e. The number of carboxylic acids is 1. The minimum atomic E-state index is -0.869. The first-order valence-corrected chi connectivity index (χ1v) is 9.03. The standard InChI is InChI=1S/C17H24N2O3S/c1-9-13(23-16(18-9)17(2,3)4)14(20)19-8-10-6-5-7-11(10)12(19)15(21)22/h10-12H,5-8H2,1-4H3,(H,21,22). The molecule has 1 aromatic rings. The molecule has 1 N–H and O–H groups in total. The predicted octanol–water partition coefficient (Wildman–Crippen LogP) is 3.07. The van der Waals surface area contributed by atoms with Gasteiger partial charge in [-0.05, 0) is 31.6 Å². The summed E-state index contributed by atoms with van der Waals surface area (Å²) < 4.78 is 0. The fraction of sp³-hybridized carbons (Fsp3) is 0.706. The van der Waals surface area contributed by atoms with E-state index in [0.29, 0.717) is 23.0 Å². The molecule has 2 aliphatic rings. The first-order chi connectivity index (χ1) is 10.7. The van der Waals surface area contributed by atoms with Crippen molar-refractivity contribution in [3.05, 3.63) is 15.6 Å². The summed E-state index contributed by atoms with van der Waals surface area (Å²) in [6.07, 6.45) is 3.03. The van der Waals surface area contributed by atoms with Crippen LogP contribution in [0.5, 0.6) is 0 Å². The molecule has 5 nitrogen and oxygen atoms in total. The molecule has 1 amide bonds. The van der Waals surface area contributed by atoms with Crippen LogP contribution in [0.1, 0.15) is 60.4 Å². The maximum atomic E-state index is 13.0. The molecule has 126 valence electrons. The van der Waals surface area contributed by atoms with E-state index in [9.17, 15) is 14.7 Å². The molecule has 3 unspecified atom stereocenters. The molecule has 6 heteroatoms. The Labute approximate surface area is 140 Å². The zero-order valence-corrected chi connectivity index (χ0v) is 14.9. The van der Waals surface area contributed by atoms with Crippen molar-refractivity contribution in [3.63, 3.8) is 0 Å². The maximum absolute atomic E-state index is 13.0. The fourth-order valence-corrected chi connectivity index (χ4v) is 4.96. The number of nitrogens with zero attached hydrogens (tertiary/aromatic N) is 2. The van der Waals surface area contributed by atoms with E-state index in [2.05, 4.69) is 25.8 Å². The Morgan fingerprint density at radius 2 is 2.00 bits per heavy atom. The van der Waals surface area contributed by atoms with E-state index in [1.165, 1.54) is 11.3 Å². The van der Waals surface area contributed by atoms with E-state index >= 15 is 0 Å². The number of hydrogen-bond acceptors (Lipinski definition) is 4. The average Bonchev–Trinajstić information content (AvgIpc) is 3.08. The zero-order valence-electron chi connectivity index (χ0n) is 14.1. The van der Waals surface area contributed by atoms with E-state index in [-0.39, 0.29) is 17.2 Å². The van der Waals surface area contributed by atoms with Crippen LogP contribution in [-0.4, -0.2) is 39.5 Å². The Morgan fingerprint density at radius 1 is 1.30 bits per heavy atom. The number of likely N-dealkylation sites (tertiary alicyclic amines) is 1.